The molecule has 0 unspecified atom stereocenters. The molecular formula is C18H18N2O5S. The smallest absolute Gasteiger partial charge is 0.335 e. The molecule has 3 rings (SSSR count). The highest BCUT2D eigenvalue weighted by Crippen LogP contribution is 2.38. The van der Waals surface area contributed by atoms with Crippen LogP contribution in [0.5, 0.6) is 0 Å². The minimum absolute atomic E-state index is 0.105. The molecule has 1 saturated carbocycles. The number of amides is 3. The predicted molar refractivity (Wildman–Crippen MR) is 96.8 cm³/mol. The molecule has 0 spiro atoms. The summed E-state index contributed by atoms with van der Waals surface area (Å²) in [6, 6.07) is 5.65. The number of anilines is 1. The van der Waals surface area contributed by atoms with Crippen LogP contribution in [-0.2, 0) is 9.59 Å². The van der Waals surface area contributed by atoms with Crippen LogP contribution in [0.4, 0.5) is 10.5 Å². The molecule has 0 radical (unpaired) electrons. The number of carbonyl (C=O) groups is 4. The Morgan fingerprint density at radius 2 is 1.73 bits per heavy atom. The van der Waals surface area contributed by atoms with Gasteiger partial charge in [-0.05, 0) is 61.7 Å². The molecule has 2 aliphatic rings. The highest BCUT2D eigenvalue weighted by atomic mass is 32.2. The van der Waals surface area contributed by atoms with Gasteiger partial charge in [0.15, 0.2) is 0 Å². The number of nitrogens with one attached hydrogen (secondary N) is 1. The van der Waals surface area contributed by atoms with E-state index in [1.807, 2.05) is 0 Å². The number of hydrogen-bond acceptors (Lipinski definition) is 5. The van der Waals surface area contributed by atoms with Gasteiger partial charge in [-0.2, -0.15) is 0 Å². The van der Waals surface area contributed by atoms with E-state index in [1.165, 1.54) is 24.3 Å². The summed E-state index contributed by atoms with van der Waals surface area (Å²) in [5, 5.41) is 11.0. The van der Waals surface area contributed by atoms with Gasteiger partial charge in [0.1, 0.15) is 6.54 Å². The molecule has 1 saturated heterocycles. The second-order valence-corrected chi connectivity index (χ2v) is 7.14. The van der Waals surface area contributed by atoms with E-state index in [9.17, 15) is 19.2 Å². The lowest BCUT2D eigenvalue weighted by Gasteiger charge is -2.16. The minimum atomic E-state index is -1.06. The van der Waals surface area contributed by atoms with Gasteiger partial charge in [-0.3, -0.25) is 19.3 Å². The SMILES string of the molecule is O=C(CN1C(=O)SC(=C2CCCCC2)C1=O)Nc1ccc(C(=O)O)cc1. The summed E-state index contributed by atoms with van der Waals surface area (Å²) in [5.74, 6) is -1.96. The van der Waals surface area contributed by atoms with Crippen LogP contribution in [0.1, 0.15) is 42.5 Å². The maximum Gasteiger partial charge on any atom is 0.335 e. The van der Waals surface area contributed by atoms with E-state index < -0.39 is 23.0 Å². The van der Waals surface area contributed by atoms with Gasteiger partial charge in [0.25, 0.3) is 11.1 Å². The minimum Gasteiger partial charge on any atom is -0.478 e. The summed E-state index contributed by atoms with van der Waals surface area (Å²) < 4.78 is 0. The highest BCUT2D eigenvalue weighted by molar-refractivity contribution is 8.18. The molecule has 0 aromatic heterocycles. The van der Waals surface area contributed by atoms with Gasteiger partial charge >= 0.3 is 5.97 Å². The monoisotopic (exact) mass is 374 g/mol. The summed E-state index contributed by atoms with van der Waals surface area (Å²) in [6.07, 6.45) is 4.84. The maximum absolute atomic E-state index is 12.5. The molecule has 8 heteroatoms. The summed E-state index contributed by atoms with van der Waals surface area (Å²) in [6.45, 7) is -0.359. The van der Waals surface area contributed by atoms with Crippen LogP contribution in [0.3, 0.4) is 0 Å². The van der Waals surface area contributed by atoms with Crippen molar-refractivity contribution < 1.29 is 24.3 Å². The Balaban J connectivity index is 1.64. The summed E-state index contributed by atoms with van der Waals surface area (Å²) in [7, 11) is 0. The van der Waals surface area contributed by atoms with E-state index in [0.717, 1.165) is 54.3 Å². The Hall–Kier alpha value is -2.61. The van der Waals surface area contributed by atoms with Crippen LogP contribution < -0.4 is 5.32 Å². The van der Waals surface area contributed by atoms with Crippen molar-refractivity contribution in [3.05, 3.63) is 40.3 Å². The molecule has 1 aromatic carbocycles. The van der Waals surface area contributed by atoms with E-state index in [2.05, 4.69) is 5.32 Å². The predicted octanol–water partition coefficient (Wildman–Crippen LogP) is 3.24. The largest absolute Gasteiger partial charge is 0.478 e. The third-order valence-corrected chi connectivity index (χ3v) is 5.41. The molecule has 136 valence electrons. The zero-order valence-corrected chi connectivity index (χ0v) is 14.8. The van der Waals surface area contributed by atoms with Crippen molar-refractivity contribution in [3.63, 3.8) is 0 Å². The van der Waals surface area contributed by atoms with Crippen molar-refractivity contribution in [2.75, 3.05) is 11.9 Å². The fourth-order valence-electron chi connectivity index (χ4n) is 3.00. The second-order valence-electron chi connectivity index (χ2n) is 6.18. The zero-order chi connectivity index (χ0) is 18.7. The Morgan fingerprint density at radius 1 is 1.08 bits per heavy atom. The number of rotatable bonds is 4. The number of thioether (sulfide) groups is 1. The molecule has 1 aliphatic carbocycles. The summed E-state index contributed by atoms with van der Waals surface area (Å²) >= 11 is 0.914. The van der Waals surface area contributed by atoms with Crippen LogP contribution in [-0.4, -0.2) is 39.6 Å². The summed E-state index contributed by atoms with van der Waals surface area (Å²) in [5.41, 5.74) is 1.53. The number of allylic oxidation sites excluding steroid dienone is 1. The number of nitrogens with zero attached hydrogens (tertiary/aromatic N) is 1. The van der Waals surface area contributed by atoms with E-state index in [0.29, 0.717) is 10.6 Å². The van der Waals surface area contributed by atoms with E-state index in [1.54, 1.807) is 0 Å². The number of benzene rings is 1. The zero-order valence-electron chi connectivity index (χ0n) is 14.0. The standard InChI is InChI=1S/C18H18N2O5S/c21-14(19-13-8-6-12(7-9-13)17(23)24)10-20-16(22)15(26-18(20)25)11-4-2-1-3-5-11/h6-9H,1-5,10H2,(H,19,21)(H,23,24). The first-order valence-electron chi connectivity index (χ1n) is 8.34. The number of aromatic carboxylic acids is 1. The van der Waals surface area contributed by atoms with Crippen LogP contribution >= 0.6 is 11.8 Å². The molecular weight excluding hydrogens is 356 g/mol. The third-order valence-electron chi connectivity index (χ3n) is 4.34. The van der Waals surface area contributed by atoms with Gasteiger partial charge in [0.05, 0.1) is 10.5 Å². The Kier molecular flexibility index (Phi) is 5.41. The first kappa shape index (κ1) is 18.2. The maximum atomic E-state index is 12.5. The van der Waals surface area contributed by atoms with Gasteiger partial charge in [0, 0.05) is 5.69 Å². The lowest BCUT2D eigenvalue weighted by molar-refractivity contribution is -0.127. The van der Waals surface area contributed by atoms with Crippen molar-refractivity contribution >= 4 is 40.5 Å². The van der Waals surface area contributed by atoms with Gasteiger partial charge in [0.2, 0.25) is 5.91 Å². The number of carboxylic acid groups (broad SMARTS) is 1. The Labute approximate surface area is 154 Å². The van der Waals surface area contributed by atoms with Gasteiger partial charge < -0.3 is 10.4 Å². The molecule has 2 fully saturated rings. The normalized spacial score (nSPS) is 17.6. The van der Waals surface area contributed by atoms with E-state index in [-0.39, 0.29) is 12.1 Å². The van der Waals surface area contributed by atoms with Crippen molar-refractivity contribution in [2.45, 2.75) is 32.1 Å². The fourth-order valence-corrected chi connectivity index (χ4v) is 3.98. The van der Waals surface area contributed by atoms with Crippen molar-refractivity contribution in [2.24, 2.45) is 0 Å². The first-order chi connectivity index (χ1) is 12.5. The fraction of sp³-hybridized carbons (Fsp3) is 0.333. The van der Waals surface area contributed by atoms with Gasteiger partial charge in [-0.25, -0.2) is 4.79 Å². The topological polar surface area (TPSA) is 104 Å². The molecule has 0 bridgehead atoms. The molecule has 1 heterocycles. The van der Waals surface area contributed by atoms with Gasteiger partial charge in [-0.15, -0.1) is 0 Å². The molecule has 26 heavy (non-hydrogen) atoms. The van der Waals surface area contributed by atoms with E-state index in [4.69, 9.17) is 5.11 Å². The molecule has 3 amide bonds. The lowest BCUT2D eigenvalue weighted by atomic mass is 9.94. The van der Waals surface area contributed by atoms with Crippen molar-refractivity contribution in [3.8, 4) is 0 Å². The van der Waals surface area contributed by atoms with Crippen molar-refractivity contribution in [1.82, 2.24) is 4.90 Å². The number of carbonyl (C=O) groups excluding carboxylic acids is 3. The van der Waals surface area contributed by atoms with Crippen LogP contribution in [0, 0.1) is 0 Å². The average molecular weight is 374 g/mol. The third kappa shape index (κ3) is 3.96. The molecule has 1 aliphatic heterocycles. The van der Waals surface area contributed by atoms with Crippen molar-refractivity contribution in [1.29, 1.82) is 0 Å². The Bertz CT molecular complexity index is 792. The van der Waals surface area contributed by atoms with E-state index >= 15 is 0 Å². The Morgan fingerprint density at radius 3 is 2.35 bits per heavy atom. The molecule has 1 aromatic rings. The number of carboxylic acids is 1. The first-order valence-corrected chi connectivity index (χ1v) is 9.16. The summed E-state index contributed by atoms with van der Waals surface area (Å²) in [4.78, 5) is 49.1. The second kappa shape index (κ2) is 7.74. The quantitative estimate of drug-likeness (QED) is 0.784. The van der Waals surface area contributed by atoms with Gasteiger partial charge in [-0.1, -0.05) is 12.0 Å². The molecule has 7 nitrogen and oxygen atoms in total. The lowest BCUT2D eigenvalue weighted by Crippen LogP contribution is -2.36. The van der Waals surface area contributed by atoms with Crippen LogP contribution in [0.25, 0.3) is 0 Å². The highest BCUT2D eigenvalue weighted by Gasteiger charge is 2.38. The molecule has 0 atom stereocenters. The number of imide groups is 1. The van der Waals surface area contributed by atoms with Crippen LogP contribution in [0.15, 0.2) is 34.7 Å². The number of hydrogen-bond donors (Lipinski definition) is 2. The van der Waals surface area contributed by atoms with Crippen LogP contribution in [0.2, 0.25) is 0 Å². The molecule has 2 N–H and O–H groups in total. The average Bonchev–Trinajstić information content (AvgIpc) is 2.91.